The molecular formula is C19H21N3O5S3. The van der Waals surface area contributed by atoms with Crippen molar-refractivity contribution in [3.05, 3.63) is 35.2 Å². The quantitative estimate of drug-likeness (QED) is 0.460. The molecule has 1 fully saturated rings. The third-order valence-corrected chi connectivity index (χ3v) is 8.39. The van der Waals surface area contributed by atoms with Gasteiger partial charge in [0, 0.05) is 23.1 Å². The summed E-state index contributed by atoms with van der Waals surface area (Å²) in [6, 6.07) is 5.71. The first-order chi connectivity index (χ1) is 14.5. The van der Waals surface area contributed by atoms with E-state index in [-0.39, 0.29) is 17.4 Å². The van der Waals surface area contributed by atoms with Gasteiger partial charge < -0.3 is 13.9 Å². The van der Waals surface area contributed by atoms with Crippen LogP contribution in [0.3, 0.4) is 0 Å². The van der Waals surface area contributed by atoms with Crippen LogP contribution in [0.2, 0.25) is 0 Å². The predicted octanol–water partition coefficient (Wildman–Crippen LogP) is 3.48. The maximum absolute atomic E-state index is 11.6. The molecule has 0 spiro atoms. The highest BCUT2D eigenvalue weighted by molar-refractivity contribution is 7.98. The summed E-state index contributed by atoms with van der Waals surface area (Å²) in [4.78, 5) is 4.68. The number of hydrogen-bond donors (Lipinski definition) is 0. The van der Waals surface area contributed by atoms with Gasteiger partial charge in [0.05, 0.1) is 31.4 Å². The third kappa shape index (κ3) is 4.96. The zero-order valence-corrected chi connectivity index (χ0v) is 19.0. The molecule has 4 rings (SSSR count). The van der Waals surface area contributed by atoms with Crippen LogP contribution < -0.4 is 9.47 Å². The van der Waals surface area contributed by atoms with Crippen LogP contribution in [0.15, 0.2) is 33.2 Å². The Balaban J connectivity index is 1.35. The van der Waals surface area contributed by atoms with Crippen LogP contribution in [0.25, 0.3) is 10.6 Å². The first kappa shape index (κ1) is 21.1. The van der Waals surface area contributed by atoms with Gasteiger partial charge in [0.2, 0.25) is 5.89 Å². The lowest BCUT2D eigenvalue weighted by Crippen LogP contribution is -2.07. The van der Waals surface area contributed by atoms with Crippen molar-refractivity contribution in [1.82, 2.24) is 15.2 Å². The van der Waals surface area contributed by atoms with Crippen molar-refractivity contribution in [2.75, 3.05) is 25.7 Å². The summed E-state index contributed by atoms with van der Waals surface area (Å²) in [6.07, 6.45) is 1.16. The van der Waals surface area contributed by atoms with Gasteiger partial charge >= 0.3 is 0 Å². The van der Waals surface area contributed by atoms with Crippen molar-refractivity contribution in [1.29, 1.82) is 0 Å². The molecule has 0 radical (unpaired) electrons. The number of sulfone groups is 1. The molecule has 8 nitrogen and oxygen atoms in total. The largest absolute Gasteiger partial charge is 0.493 e. The fraction of sp³-hybridized carbons (Fsp3) is 0.421. The third-order valence-electron chi connectivity index (χ3n) is 4.76. The van der Waals surface area contributed by atoms with Crippen molar-refractivity contribution in [3.63, 3.8) is 0 Å². The van der Waals surface area contributed by atoms with E-state index in [0.29, 0.717) is 41.2 Å². The Morgan fingerprint density at radius 2 is 2.07 bits per heavy atom. The molecule has 1 aromatic carbocycles. The predicted molar refractivity (Wildman–Crippen MR) is 115 cm³/mol. The minimum absolute atomic E-state index is 0.0656. The van der Waals surface area contributed by atoms with E-state index in [1.54, 1.807) is 25.6 Å². The van der Waals surface area contributed by atoms with Crippen LogP contribution >= 0.6 is 23.1 Å². The first-order valence-corrected chi connectivity index (χ1v) is 13.0. The summed E-state index contributed by atoms with van der Waals surface area (Å²) in [6.45, 7) is 0. The fourth-order valence-electron chi connectivity index (χ4n) is 3.27. The number of hydrogen-bond acceptors (Lipinski definition) is 10. The number of thioether (sulfide) groups is 1. The van der Waals surface area contributed by atoms with E-state index in [4.69, 9.17) is 13.9 Å². The van der Waals surface area contributed by atoms with Crippen LogP contribution in [0, 0.1) is 5.92 Å². The smallest absolute Gasteiger partial charge is 0.276 e. The molecule has 1 aliphatic rings. The molecule has 0 bridgehead atoms. The van der Waals surface area contributed by atoms with Gasteiger partial charge in [-0.2, -0.15) is 0 Å². The number of aromatic nitrogens is 3. The highest BCUT2D eigenvalue weighted by atomic mass is 32.2. The number of methoxy groups -OCH3 is 2. The minimum Gasteiger partial charge on any atom is -0.493 e. The van der Waals surface area contributed by atoms with Crippen molar-refractivity contribution < 1.29 is 22.3 Å². The summed E-state index contributed by atoms with van der Waals surface area (Å²) in [5.74, 6) is 2.95. The summed E-state index contributed by atoms with van der Waals surface area (Å²) in [5, 5.41) is 11.5. The van der Waals surface area contributed by atoms with Crippen molar-refractivity contribution >= 4 is 32.9 Å². The van der Waals surface area contributed by atoms with Gasteiger partial charge in [-0.15, -0.1) is 21.5 Å². The summed E-state index contributed by atoms with van der Waals surface area (Å²) < 4.78 is 39.5. The van der Waals surface area contributed by atoms with Gasteiger partial charge in [-0.1, -0.05) is 11.8 Å². The first-order valence-electron chi connectivity index (χ1n) is 9.28. The van der Waals surface area contributed by atoms with Gasteiger partial charge in [-0.25, -0.2) is 13.4 Å². The van der Waals surface area contributed by atoms with E-state index in [1.165, 1.54) is 11.8 Å². The van der Waals surface area contributed by atoms with Crippen LogP contribution in [0.4, 0.5) is 0 Å². The Morgan fingerprint density at radius 1 is 1.23 bits per heavy atom. The van der Waals surface area contributed by atoms with Gasteiger partial charge in [0.25, 0.3) is 5.22 Å². The second-order valence-electron chi connectivity index (χ2n) is 6.94. The number of rotatable bonds is 8. The highest BCUT2D eigenvalue weighted by Gasteiger charge is 2.29. The fourth-order valence-corrected chi connectivity index (χ4v) is 6.73. The molecule has 11 heteroatoms. The topological polar surface area (TPSA) is 104 Å². The van der Waals surface area contributed by atoms with E-state index in [0.717, 1.165) is 16.3 Å². The number of thiazole rings is 1. The average molecular weight is 468 g/mol. The number of ether oxygens (including phenoxy) is 2. The van der Waals surface area contributed by atoms with Crippen molar-refractivity contribution in [2.45, 2.75) is 23.8 Å². The Kier molecular flexibility index (Phi) is 6.30. The maximum atomic E-state index is 11.6. The molecule has 1 atom stereocenters. The highest BCUT2D eigenvalue weighted by Crippen LogP contribution is 2.34. The van der Waals surface area contributed by atoms with Gasteiger partial charge in [0.1, 0.15) is 5.01 Å². The standard InChI is InChI=1S/C19H21N3O5S3/c1-25-15-4-3-13(8-16(15)26-2)18-20-14(9-28-18)10-29-19-22-21-17(27-19)7-12-5-6-30(23,24)11-12/h3-4,8-9,12H,5-7,10-11H2,1-2H3/t12-/m1/s1. The Labute approximate surface area is 182 Å². The minimum atomic E-state index is -2.90. The number of benzene rings is 1. The lowest BCUT2D eigenvalue weighted by molar-refractivity contribution is 0.355. The monoisotopic (exact) mass is 467 g/mol. The van der Waals surface area contributed by atoms with E-state index in [2.05, 4.69) is 15.2 Å². The van der Waals surface area contributed by atoms with E-state index in [1.807, 2.05) is 23.6 Å². The summed E-state index contributed by atoms with van der Waals surface area (Å²) in [5.41, 5.74) is 1.87. The second kappa shape index (κ2) is 8.94. The second-order valence-corrected chi connectivity index (χ2v) is 11.0. The molecule has 0 N–H and O–H groups in total. The molecule has 160 valence electrons. The molecule has 2 aromatic heterocycles. The molecule has 30 heavy (non-hydrogen) atoms. The lowest BCUT2D eigenvalue weighted by atomic mass is 10.1. The van der Waals surface area contributed by atoms with Gasteiger partial charge in [0.15, 0.2) is 21.3 Å². The molecule has 1 aliphatic heterocycles. The van der Waals surface area contributed by atoms with Crippen LogP contribution in [0.5, 0.6) is 11.5 Å². The molecule has 3 heterocycles. The normalized spacial score (nSPS) is 17.9. The van der Waals surface area contributed by atoms with Gasteiger partial charge in [-0.05, 0) is 30.5 Å². The summed E-state index contributed by atoms with van der Waals surface area (Å²) in [7, 11) is 0.312. The average Bonchev–Trinajstić information content (AvgIpc) is 3.46. The van der Waals surface area contributed by atoms with Gasteiger partial charge in [-0.3, -0.25) is 0 Å². The molecule has 0 amide bonds. The van der Waals surface area contributed by atoms with E-state index in [9.17, 15) is 8.42 Å². The maximum Gasteiger partial charge on any atom is 0.276 e. The molecule has 1 saturated heterocycles. The van der Waals surface area contributed by atoms with Crippen molar-refractivity contribution in [2.24, 2.45) is 5.92 Å². The number of nitrogens with zero attached hydrogens (tertiary/aromatic N) is 3. The molecule has 0 unspecified atom stereocenters. The van der Waals surface area contributed by atoms with Crippen LogP contribution in [-0.4, -0.2) is 49.3 Å². The summed E-state index contributed by atoms with van der Waals surface area (Å²) >= 11 is 2.97. The van der Waals surface area contributed by atoms with Crippen molar-refractivity contribution in [3.8, 4) is 22.1 Å². The van der Waals surface area contributed by atoms with E-state index >= 15 is 0 Å². The SMILES string of the molecule is COc1ccc(-c2nc(CSc3nnc(C[C@H]4CCS(=O)(=O)C4)o3)cs2)cc1OC. The van der Waals surface area contributed by atoms with Crippen LogP contribution in [0.1, 0.15) is 18.0 Å². The van der Waals surface area contributed by atoms with Crippen LogP contribution in [-0.2, 0) is 22.0 Å². The molecule has 0 aliphatic carbocycles. The Hall–Kier alpha value is -2.11. The zero-order chi connectivity index (χ0) is 21.1. The molecule has 3 aromatic rings. The Morgan fingerprint density at radius 3 is 2.80 bits per heavy atom. The Bertz CT molecular complexity index is 1130. The zero-order valence-electron chi connectivity index (χ0n) is 16.5. The molecule has 0 saturated carbocycles. The van der Waals surface area contributed by atoms with E-state index < -0.39 is 9.84 Å². The molecular weight excluding hydrogens is 446 g/mol. The lowest BCUT2D eigenvalue weighted by Gasteiger charge is -2.08.